The van der Waals surface area contributed by atoms with Crippen LogP contribution in [0.3, 0.4) is 0 Å². The molecule has 0 amide bonds. The topological polar surface area (TPSA) is 40.5 Å². The van der Waals surface area contributed by atoms with Gasteiger partial charge in [0.25, 0.3) is 0 Å². The van der Waals surface area contributed by atoms with E-state index < -0.39 is 5.60 Å². The summed E-state index contributed by atoms with van der Waals surface area (Å²) >= 11 is 0. The molecule has 0 bridgehead atoms. The molecule has 2 nitrogen and oxygen atoms in total. The Kier molecular flexibility index (Phi) is 5.18. The number of aliphatic hydroxyl groups excluding tert-OH is 1. The van der Waals surface area contributed by atoms with Gasteiger partial charge in [0, 0.05) is 0 Å². The van der Waals surface area contributed by atoms with E-state index in [9.17, 15) is 5.11 Å². The van der Waals surface area contributed by atoms with Gasteiger partial charge >= 0.3 is 0 Å². The Balaban J connectivity index is 3.37. The van der Waals surface area contributed by atoms with Gasteiger partial charge in [-0.2, -0.15) is 0 Å². The third kappa shape index (κ3) is 9.66. The zero-order valence-electron chi connectivity index (χ0n) is 8.25. The summed E-state index contributed by atoms with van der Waals surface area (Å²) in [7, 11) is 0. The molecule has 0 fully saturated rings. The largest absolute Gasteiger partial charge is 0.393 e. The highest BCUT2D eigenvalue weighted by Crippen LogP contribution is 2.10. The fourth-order valence-electron chi connectivity index (χ4n) is 0.848. The van der Waals surface area contributed by atoms with Crippen molar-refractivity contribution < 1.29 is 10.2 Å². The molecular formula is C10H20O2. The first-order chi connectivity index (χ1) is 5.42. The molecule has 1 atom stereocenters. The highest BCUT2D eigenvalue weighted by atomic mass is 16.3. The quantitative estimate of drug-likeness (QED) is 0.621. The summed E-state index contributed by atoms with van der Waals surface area (Å²) in [6, 6.07) is 0. The molecule has 0 saturated carbocycles. The summed E-state index contributed by atoms with van der Waals surface area (Å²) in [5.74, 6) is 0. The van der Waals surface area contributed by atoms with E-state index in [-0.39, 0.29) is 6.10 Å². The van der Waals surface area contributed by atoms with Crippen LogP contribution in [0.25, 0.3) is 0 Å². The molecule has 0 aliphatic carbocycles. The number of allylic oxidation sites excluding steroid dienone is 1. The van der Waals surface area contributed by atoms with Crippen LogP contribution in [0, 0.1) is 0 Å². The molecule has 0 radical (unpaired) electrons. The minimum absolute atomic E-state index is 0.261. The second-order valence-electron chi connectivity index (χ2n) is 3.91. The van der Waals surface area contributed by atoms with Gasteiger partial charge in [0.2, 0.25) is 0 Å². The van der Waals surface area contributed by atoms with Crippen LogP contribution in [-0.2, 0) is 0 Å². The average molecular weight is 172 g/mol. The maximum atomic E-state index is 9.34. The third-order valence-electron chi connectivity index (χ3n) is 1.57. The fraction of sp³-hybridized carbons (Fsp3) is 0.800. The summed E-state index contributed by atoms with van der Waals surface area (Å²) in [6.45, 7) is 5.37. The second kappa shape index (κ2) is 5.33. The van der Waals surface area contributed by atoms with Gasteiger partial charge in [0.15, 0.2) is 0 Å². The van der Waals surface area contributed by atoms with Gasteiger partial charge in [-0.25, -0.2) is 0 Å². The van der Waals surface area contributed by atoms with Crippen molar-refractivity contribution in [2.45, 2.75) is 51.7 Å². The van der Waals surface area contributed by atoms with E-state index in [1.165, 1.54) is 0 Å². The van der Waals surface area contributed by atoms with E-state index in [2.05, 4.69) is 0 Å². The number of hydrogen-bond donors (Lipinski definition) is 2. The molecular weight excluding hydrogens is 152 g/mol. The highest BCUT2D eigenvalue weighted by Gasteiger charge is 2.09. The molecule has 0 aromatic rings. The zero-order valence-corrected chi connectivity index (χ0v) is 8.25. The molecule has 0 aromatic heterocycles. The minimum Gasteiger partial charge on any atom is -0.393 e. The molecule has 0 aromatic carbocycles. The van der Waals surface area contributed by atoms with Crippen LogP contribution >= 0.6 is 0 Å². The molecule has 0 rings (SSSR count). The predicted molar refractivity (Wildman–Crippen MR) is 51.0 cm³/mol. The van der Waals surface area contributed by atoms with Gasteiger partial charge in [0.05, 0.1) is 11.7 Å². The van der Waals surface area contributed by atoms with Crippen molar-refractivity contribution in [3.8, 4) is 0 Å². The summed E-state index contributed by atoms with van der Waals surface area (Å²) in [4.78, 5) is 0. The van der Waals surface area contributed by atoms with Crippen molar-refractivity contribution in [3.63, 3.8) is 0 Å². The van der Waals surface area contributed by atoms with E-state index in [1.54, 1.807) is 20.8 Å². The van der Waals surface area contributed by atoms with E-state index in [0.29, 0.717) is 6.42 Å². The number of aliphatic hydroxyl groups is 2. The minimum atomic E-state index is -0.574. The van der Waals surface area contributed by atoms with E-state index >= 15 is 0 Å². The van der Waals surface area contributed by atoms with E-state index in [0.717, 1.165) is 12.8 Å². The van der Waals surface area contributed by atoms with E-state index in [4.69, 9.17) is 5.11 Å². The Morgan fingerprint density at radius 3 is 2.33 bits per heavy atom. The molecule has 2 N–H and O–H groups in total. The Bertz CT molecular complexity index is 131. The third-order valence-corrected chi connectivity index (χ3v) is 1.57. The molecule has 1 unspecified atom stereocenters. The molecule has 72 valence electrons. The van der Waals surface area contributed by atoms with Crippen LogP contribution in [-0.4, -0.2) is 21.9 Å². The normalized spacial score (nSPS) is 15.4. The van der Waals surface area contributed by atoms with Gasteiger partial charge < -0.3 is 10.2 Å². The van der Waals surface area contributed by atoms with Crippen molar-refractivity contribution in [1.82, 2.24) is 0 Å². The Morgan fingerprint density at radius 1 is 1.33 bits per heavy atom. The number of rotatable bonds is 5. The van der Waals surface area contributed by atoms with E-state index in [1.807, 2.05) is 12.2 Å². The summed E-state index contributed by atoms with van der Waals surface area (Å²) < 4.78 is 0. The van der Waals surface area contributed by atoms with Crippen molar-refractivity contribution >= 4 is 0 Å². The first-order valence-electron chi connectivity index (χ1n) is 4.47. The van der Waals surface area contributed by atoms with Gasteiger partial charge in [-0.15, -0.1) is 0 Å². The summed E-state index contributed by atoms with van der Waals surface area (Å²) in [5.41, 5.74) is -0.574. The van der Waals surface area contributed by atoms with Crippen LogP contribution in [0.5, 0.6) is 0 Å². The van der Waals surface area contributed by atoms with Gasteiger partial charge in [-0.3, -0.25) is 0 Å². The molecule has 12 heavy (non-hydrogen) atoms. The van der Waals surface area contributed by atoms with Crippen molar-refractivity contribution in [2.75, 3.05) is 0 Å². The fourth-order valence-corrected chi connectivity index (χ4v) is 0.848. The average Bonchev–Trinajstić information content (AvgIpc) is 1.83. The first-order valence-corrected chi connectivity index (χ1v) is 4.47. The van der Waals surface area contributed by atoms with Crippen LogP contribution in [0.15, 0.2) is 12.2 Å². The molecule has 0 saturated heterocycles. The lowest BCUT2D eigenvalue weighted by molar-refractivity contribution is 0.0721. The highest BCUT2D eigenvalue weighted by molar-refractivity contribution is 4.85. The van der Waals surface area contributed by atoms with Crippen molar-refractivity contribution in [2.24, 2.45) is 0 Å². The van der Waals surface area contributed by atoms with Crippen LogP contribution in [0.2, 0.25) is 0 Å². The maximum Gasteiger partial charge on any atom is 0.0594 e. The van der Waals surface area contributed by atoms with Crippen molar-refractivity contribution in [3.05, 3.63) is 12.2 Å². The van der Waals surface area contributed by atoms with Gasteiger partial charge in [-0.05, 0) is 40.0 Å². The lowest BCUT2D eigenvalue weighted by Gasteiger charge is -2.14. The summed E-state index contributed by atoms with van der Waals surface area (Å²) in [6.07, 6.45) is 6.04. The smallest absolute Gasteiger partial charge is 0.0594 e. The first kappa shape index (κ1) is 11.7. The Hall–Kier alpha value is -0.340. The van der Waals surface area contributed by atoms with Crippen LogP contribution in [0.4, 0.5) is 0 Å². The van der Waals surface area contributed by atoms with Crippen LogP contribution < -0.4 is 0 Å². The van der Waals surface area contributed by atoms with Gasteiger partial charge in [0.1, 0.15) is 0 Å². The number of hydrogen-bond acceptors (Lipinski definition) is 2. The molecule has 2 heteroatoms. The Morgan fingerprint density at radius 2 is 1.92 bits per heavy atom. The zero-order chi connectivity index (χ0) is 9.61. The Labute approximate surface area is 74.9 Å². The van der Waals surface area contributed by atoms with Crippen LogP contribution in [0.1, 0.15) is 40.0 Å². The molecule has 0 aliphatic rings. The lowest BCUT2D eigenvalue weighted by atomic mass is 10.0. The van der Waals surface area contributed by atoms with Gasteiger partial charge in [-0.1, -0.05) is 12.2 Å². The predicted octanol–water partition coefficient (Wildman–Crippen LogP) is 1.86. The lowest BCUT2D eigenvalue weighted by Crippen LogP contribution is -2.17. The molecule has 0 spiro atoms. The van der Waals surface area contributed by atoms with Crippen molar-refractivity contribution in [1.29, 1.82) is 0 Å². The summed E-state index contributed by atoms with van der Waals surface area (Å²) in [5, 5.41) is 18.3. The monoisotopic (exact) mass is 172 g/mol. The SMILES string of the molecule is CC(O)CC=CCCC(C)(C)O. The maximum absolute atomic E-state index is 9.34. The standard InChI is InChI=1S/C10H20O2/c1-9(11)7-5-4-6-8-10(2,3)12/h4-5,9,11-12H,6-8H2,1-3H3. The molecule has 0 heterocycles. The molecule has 0 aliphatic heterocycles. The second-order valence-corrected chi connectivity index (χ2v) is 3.91.